The molecule has 0 radical (unpaired) electrons. The zero-order valence-electron chi connectivity index (χ0n) is 13.9. The second-order valence-corrected chi connectivity index (χ2v) is 6.50. The zero-order valence-corrected chi connectivity index (χ0v) is 14.8. The van der Waals surface area contributed by atoms with Gasteiger partial charge in [-0.15, -0.1) is 11.3 Å². The van der Waals surface area contributed by atoms with E-state index in [-0.39, 0.29) is 24.1 Å². The Morgan fingerprint density at radius 3 is 2.42 bits per heavy atom. The number of halogens is 2. The molecule has 0 aliphatic heterocycles. The SMILES string of the molecule is CC(NC(=O)CC(NC(N)=O)c1cccs1)c1ccc(OC(F)F)cc1. The van der Waals surface area contributed by atoms with Crippen molar-refractivity contribution in [1.29, 1.82) is 0 Å². The Labute approximate surface area is 153 Å². The van der Waals surface area contributed by atoms with E-state index in [1.165, 1.54) is 23.5 Å². The van der Waals surface area contributed by atoms with Crippen molar-refractivity contribution in [1.82, 2.24) is 10.6 Å². The predicted octanol–water partition coefficient (Wildman–Crippen LogP) is 3.33. The van der Waals surface area contributed by atoms with Crippen LogP contribution in [0.4, 0.5) is 13.6 Å². The Morgan fingerprint density at radius 1 is 1.19 bits per heavy atom. The highest BCUT2D eigenvalue weighted by Gasteiger charge is 2.20. The minimum Gasteiger partial charge on any atom is -0.435 e. The number of carbonyl (C=O) groups excluding carboxylic acids is 2. The van der Waals surface area contributed by atoms with Gasteiger partial charge in [-0.2, -0.15) is 8.78 Å². The summed E-state index contributed by atoms with van der Waals surface area (Å²) >= 11 is 1.41. The summed E-state index contributed by atoms with van der Waals surface area (Å²) in [5.74, 6) is -0.233. The number of hydrogen-bond acceptors (Lipinski definition) is 4. The molecule has 0 aliphatic rings. The number of benzene rings is 1. The molecule has 0 bridgehead atoms. The molecular formula is C17H19F2N3O3S. The van der Waals surface area contributed by atoms with Crippen LogP contribution < -0.4 is 21.1 Å². The van der Waals surface area contributed by atoms with Gasteiger partial charge < -0.3 is 21.1 Å². The predicted molar refractivity (Wildman–Crippen MR) is 94.0 cm³/mol. The molecule has 4 N–H and O–H groups in total. The number of rotatable bonds is 8. The van der Waals surface area contributed by atoms with Crippen molar-refractivity contribution < 1.29 is 23.1 Å². The summed E-state index contributed by atoms with van der Waals surface area (Å²) in [6.07, 6.45) is 0.0281. The molecule has 2 aromatic rings. The summed E-state index contributed by atoms with van der Waals surface area (Å²) < 4.78 is 28.6. The average molecular weight is 383 g/mol. The molecule has 26 heavy (non-hydrogen) atoms. The standard InChI is InChI=1S/C17H19F2N3O3S/c1-10(11-4-6-12(7-5-11)25-16(18)19)21-15(23)9-13(22-17(20)24)14-3-2-8-26-14/h2-8,10,13,16H,9H2,1H3,(H,21,23)(H3,20,22,24). The van der Waals surface area contributed by atoms with Crippen LogP contribution in [0.25, 0.3) is 0 Å². The van der Waals surface area contributed by atoms with E-state index in [0.717, 1.165) is 10.4 Å². The van der Waals surface area contributed by atoms with E-state index in [0.29, 0.717) is 0 Å². The van der Waals surface area contributed by atoms with Gasteiger partial charge in [0.1, 0.15) is 5.75 Å². The number of primary amides is 1. The average Bonchev–Trinajstić information content (AvgIpc) is 3.08. The first-order chi connectivity index (χ1) is 12.3. The third kappa shape index (κ3) is 5.99. The Morgan fingerprint density at radius 2 is 1.88 bits per heavy atom. The molecule has 2 rings (SSSR count). The first-order valence-electron chi connectivity index (χ1n) is 7.78. The van der Waals surface area contributed by atoms with Crippen LogP contribution >= 0.6 is 11.3 Å². The lowest BCUT2D eigenvalue weighted by molar-refractivity contribution is -0.122. The van der Waals surface area contributed by atoms with Gasteiger partial charge in [0, 0.05) is 4.88 Å². The van der Waals surface area contributed by atoms with Crippen LogP contribution in [-0.2, 0) is 4.79 Å². The van der Waals surface area contributed by atoms with Gasteiger partial charge >= 0.3 is 12.6 Å². The van der Waals surface area contributed by atoms with Crippen LogP contribution in [0.15, 0.2) is 41.8 Å². The van der Waals surface area contributed by atoms with Gasteiger partial charge in [0.2, 0.25) is 5.91 Å². The van der Waals surface area contributed by atoms with Gasteiger partial charge in [0.15, 0.2) is 0 Å². The maximum atomic E-state index is 12.3. The van der Waals surface area contributed by atoms with E-state index in [9.17, 15) is 18.4 Å². The molecule has 0 saturated carbocycles. The van der Waals surface area contributed by atoms with Gasteiger partial charge in [0.05, 0.1) is 18.5 Å². The summed E-state index contributed by atoms with van der Waals surface area (Å²) in [4.78, 5) is 24.3. The molecule has 6 nitrogen and oxygen atoms in total. The van der Waals surface area contributed by atoms with E-state index in [1.54, 1.807) is 19.1 Å². The number of ether oxygens (including phenoxy) is 1. The zero-order chi connectivity index (χ0) is 19.1. The van der Waals surface area contributed by atoms with Gasteiger partial charge in [-0.3, -0.25) is 4.79 Å². The number of carbonyl (C=O) groups is 2. The highest BCUT2D eigenvalue weighted by Crippen LogP contribution is 2.23. The summed E-state index contributed by atoms with van der Waals surface area (Å²) in [5.41, 5.74) is 5.91. The fourth-order valence-corrected chi connectivity index (χ4v) is 3.17. The lowest BCUT2D eigenvalue weighted by Crippen LogP contribution is -2.36. The molecular weight excluding hydrogens is 364 g/mol. The number of nitrogens with one attached hydrogen (secondary N) is 2. The smallest absolute Gasteiger partial charge is 0.387 e. The molecule has 9 heteroatoms. The van der Waals surface area contributed by atoms with Crippen LogP contribution in [0.3, 0.4) is 0 Å². The van der Waals surface area contributed by atoms with Crippen molar-refractivity contribution in [3.63, 3.8) is 0 Å². The molecule has 3 amide bonds. The van der Waals surface area contributed by atoms with Crippen LogP contribution in [0.2, 0.25) is 0 Å². The highest BCUT2D eigenvalue weighted by atomic mass is 32.1. The van der Waals surface area contributed by atoms with E-state index in [1.807, 2.05) is 17.5 Å². The second-order valence-electron chi connectivity index (χ2n) is 5.52. The minimum atomic E-state index is -2.88. The molecule has 0 fully saturated rings. The molecule has 2 unspecified atom stereocenters. The third-order valence-electron chi connectivity index (χ3n) is 3.58. The van der Waals surface area contributed by atoms with E-state index < -0.39 is 18.7 Å². The van der Waals surface area contributed by atoms with Crippen LogP contribution in [0.1, 0.15) is 35.9 Å². The molecule has 1 aromatic heterocycles. The quantitative estimate of drug-likeness (QED) is 0.653. The number of thiophene rings is 1. The topological polar surface area (TPSA) is 93.5 Å². The normalized spacial score (nSPS) is 13.1. The molecule has 0 saturated heterocycles. The molecule has 0 spiro atoms. The summed E-state index contributed by atoms with van der Waals surface area (Å²) in [7, 11) is 0. The van der Waals surface area contributed by atoms with Gasteiger partial charge in [-0.25, -0.2) is 4.79 Å². The lowest BCUT2D eigenvalue weighted by Gasteiger charge is -2.19. The van der Waals surface area contributed by atoms with Gasteiger partial charge in [0.25, 0.3) is 0 Å². The van der Waals surface area contributed by atoms with Crippen molar-refractivity contribution in [2.75, 3.05) is 0 Å². The maximum absolute atomic E-state index is 12.3. The van der Waals surface area contributed by atoms with E-state index in [2.05, 4.69) is 15.4 Å². The number of hydrogen-bond donors (Lipinski definition) is 3. The summed E-state index contributed by atoms with van der Waals surface area (Å²) in [6, 6.07) is 8.08. The Balaban J connectivity index is 1.95. The molecule has 140 valence electrons. The van der Waals surface area contributed by atoms with E-state index >= 15 is 0 Å². The molecule has 2 atom stereocenters. The van der Waals surface area contributed by atoms with E-state index in [4.69, 9.17) is 5.73 Å². The minimum absolute atomic E-state index is 0.0281. The highest BCUT2D eigenvalue weighted by molar-refractivity contribution is 7.10. The Hall–Kier alpha value is -2.68. The van der Waals surface area contributed by atoms with Gasteiger partial charge in [-0.1, -0.05) is 18.2 Å². The first-order valence-corrected chi connectivity index (χ1v) is 8.66. The summed E-state index contributed by atoms with van der Waals surface area (Å²) in [6.45, 7) is -1.12. The van der Waals surface area contributed by atoms with Crippen molar-refractivity contribution in [2.45, 2.75) is 32.0 Å². The largest absolute Gasteiger partial charge is 0.435 e. The molecule has 1 heterocycles. The van der Waals surface area contributed by atoms with Crippen molar-refractivity contribution in [3.05, 3.63) is 52.2 Å². The monoisotopic (exact) mass is 383 g/mol. The first kappa shape index (κ1) is 19.6. The van der Waals surface area contributed by atoms with Crippen molar-refractivity contribution >= 4 is 23.3 Å². The van der Waals surface area contributed by atoms with Crippen molar-refractivity contribution in [3.8, 4) is 5.75 Å². The summed E-state index contributed by atoms with van der Waals surface area (Å²) in [5, 5.41) is 7.20. The number of nitrogens with two attached hydrogens (primary N) is 1. The van der Waals surface area contributed by atoms with Crippen LogP contribution in [0, 0.1) is 0 Å². The van der Waals surface area contributed by atoms with Crippen molar-refractivity contribution in [2.24, 2.45) is 5.73 Å². The Kier molecular flexibility index (Phi) is 6.90. The lowest BCUT2D eigenvalue weighted by atomic mass is 10.1. The molecule has 1 aromatic carbocycles. The van der Waals surface area contributed by atoms with Crippen LogP contribution in [-0.4, -0.2) is 18.5 Å². The number of urea groups is 1. The fourth-order valence-electron chi connectivity index (χ4n) is 2.39. The molecule has 0 aliphatic carbocycles. The third-order valence-corrected chi connectivity index (χ3v) is 4.56. The number of alkyl halides is 2. The van der Waals surface area contributed by atoms with Gasteiger partial charge in [-0.05, 0) is 36.1 Å². The fraction of sp³-hybridized carbons (Fsp3) is 0.294. The Bertz CT molecular complexity index is 723. The maximum Gasteiger partial charge on any atom is 0.387 e. The second kappa shape index (κ2) is 9.14. The number of amides is 3. The van der Waals surface area contributed by atoms with Crippen LogP contribution in [0.5, 0.6) is 5.75 Å².